The SMILES string of the molecule is COc1ccc(N(C)c2nccc(N)n2)cc1OCC1CCCN(C)C1. The molecule has 7 heteroatoms. The minimum atomic E-state index is 0.438. The molecule has 1 aliphatic heterocycles. The second kappa shape index (κ2) is 8.23. The molecule has 0 aliphatic carbocycles. The number of ether oxygens (including phenoxy) is 2. The summed E-state index contributed by atoms with van der Waals surface area (Å²) in [6, 6.07) is 7.48. The van der Waals surface area contributed by atoms with Gasteiger partial charge in [0.05, 0.1) is 13.7 Å². The second-order valence-electron chi connectivity index (χ2n) is 6.76. The fourth-order valence-electron chi connectivity index (χ4n) is 3.24. The molecule has 0 radical (unpaired) electrons. The van der Waals surface area contributed by atoms with Gasteiger partial charge in [-0.1, -0.05) is 0 Å². The molecule has 0 bridgehead atoms. The average Bonchev–Trinajstić information content (AvgIpc) is 2.65. The monoisotopic (exact) mass is 357 g/mol. The van der Waals surface area contributed by atoms with E-state index in [1.54, 1.807) is 19.4 Å². The van der Waals surface area contributed by atoms with Crippen LogP contribution in [0.1, 0.15) is 12.8 Å². The van der Waals surface area contributed by atoms with Crippen LogP contribution in [-0.2, 0) is 0 Å². The van der Waals surface area contributed by atoms with Crippen LogP contribution in [0.2, 0.25) is 0 Å². The van der Waals surface area contributed by atoms with E-state index in [9.17, 15) is 0 Å². The Balaban J connectivity index is 1.75. The lowest BCUT2D eigenvalue weighted by molar-refractivity contribution is 0.148. The van der Waals surface area contributed by atoms with Gasteiger partial charge in [-0.15, -0.1) is 0 Å². The zero-order valence-electron chi connectivity index (χ0n) is 15.7. The first kappa shape index (κ1) is 18.3. The minimum absolute atomic E-state index is 0.438. The Labute approximate surface area is 154 Å². The van der Waals surface area contributed by atoms with E-state index in [2.05, 4.69) is 21.9 Å². The summed E-state index contributed by atoms with van der Waals surface area (Å²) in [5.74, 6) is 2.97. The molecule has 2 aromatic rings. The summed E-state index contributed by atoms with van der Waals surface area (Å²) in [6.07, 6.45) is 4.06. The molecule has 1 saturated heterocycles. The lowest BCUT2D eigenvalue weighted by atomic mass is 9.99. The fourth-order valence-corrected chi connectivity index (χ4v) is 3.24. The van der Waals surface area contributed by atoms with Crippen molar-refractivity contribution in [2.24, 2.45) is 5.92 Å². The third-order valence-electron chi connectivity index (χ3n) is 4.70. The molecule has 0 saturated carbocycles. The summed E-state index contributed by atoms with van der Waals surface area (Å²) in [5, 5.41) is 0. The van der Waals surface area contributed by atoms with Crippen molar-refractivity contribution in [2.45, 2.75) is 12.8 Å². The lowest BCUT2D eigenvalue weighted by Crippen LogP contribution is -2.34. The van der Waals surface area contributed by atoms with Gasteiger partial charge in [0.2, 0.25) is 5.95 Å². The van der Waals surface area contributed by atoms with Crippen molar-refractivity contribution in [1.29, 1.82) is 0 Å². The van der Waals surface area contributed by atoms with Crippen molar-refractivity contribution < 1.29 is 9.47 Å². The molecule has 1 atom stereocenters. The molecule has 7 nitrogen and oxygen atoms in total. The smallest absolute Gasteiger partial charge is 0.231 e. The number of rotatable bonds is 6. The summed E-state index contributed by atoms with van der Waals surface area (Å²) in [5.41, 5.74) is 6.67. The largest absolute Gasteiger partial charge is 0.493 e. The quantitative estimate of drug-likeness (QED) is 0.851. The van der Waals surface area contributed by atoms with E-state index in [1.165, 1.54) is 19.4 Å². The van der Waals surface area contributed by atoms with Crippen molar-refractivity contribution >= 4 is 17.5 Å². The van der Waals surface area contributed by atoms with E-state index in [-0.39, 0.29) is 0 Å². The first-order valence-electron chi connectivity index (χ1n) is 8.88. The van der Waals surface area contributed by atoms with Gasteiger partial charge < -0.3 is 25.0 Å². The van der Waals surface area contributed by atoms with Crippen LogP contribution < -0.4 is 20.1 Å². The number of benzene rings is 1. The van der Waals surface area contributed by atoms with Gasteiger partial charge in [0.1, 0.15) is 5.82 Å². The Hall–Kier alpha value is -2.54. The van der Waals surface area contributed by atoms with Crippen LogP contribution in [0, 0.1) is 5.92 Å². The number of hydrogen-bond acceptors (Lipinski definition) is 7. The number of likely N-dealkylation sites (tertiary alicyclic amines) is 1. The Kier molecular flexibility index (Phi) is 5.78. The van der Waals surface area contributed by atoms with Gasteiger partial charge >= 0.3 is 0 Å². The Morgan fingerprint density at radius 3 is 2.88 bits per heavy atom. The number of nitrogens with zero attached hydrogens (tertiary/aromatic N) is 4. The predicted molar refractivity (Wildman–Crippen MR) is 103 cm³/mol. The topological polar surface area (TPSA) is 76.7 Å². The number of nitrogens with two attached hydrogens (primary N) is 1. The average molecular weight is 357 g/mol. The van der Waals surface area contributed by atoms with Crippen LogP contribution in [0.4, 0.5) is 17.5 Å². The molecule has 0 spiro atoms. The van der Waals surface area contributed by atoms with E-state index in [4.69, 9.17) is 15.2 Å². The summed E-state index contributed by atoms with van der Waals surface area (Å²) in [7, 11) is 5.71. The third-order valence-corrected chi connectivity index (χ3v) is 4.70. The van der Waals surface area contributed by atoms with Gasteiger partial charge in [-0.25, -0.2) is 4.98 Å². The van der Waals surface area contributed by atoms with Crippen molar-refractivity contribution in [2.75, 3.05) is 51.5 Å². The van der Waals surface area contributed by atoms with Crippen LogP contribution in [0.25, 0.3) is 0 Å². The van der Waals surface area contributed by atoms with E-state index in [0.29, 0.717) is 24.3 Å². The summed E-state index contributed by atoms with van der Waals surface area (Å²) < 4.78 is 11.6. The third kappa shape index (κ3) is 4.35. The molecule has 3 rings (SSSR count). The number of aromatic nitrogens is 2. The first-order valence-corrected chi connectivity index (χ1v) is 8.88. The highest BCUT2D eigenvalue weighted by Gasteiger charge is 2.19. The van der Waals surface area contributed by atoms with Crippen LogP contribution in [0.5, 0.6) is 11.5 Å². The van der Waals surface area contributed by atoms with E-state index in [1.807, 2.05) is 30.1 Å². The highest BCUT2D eigenvalue weighted by Crippen LogP contribution is 2.34. The number of methoxy groups -OCH3 is 1. The Morgan fingerprint density at radius 2 is 2.15 bits per heavy atom. The van der Waals surface area contributed by atoms with Crippen LogP contribution >= 0.6 is 0 Å². The van der Waals surface area contributed by atoms with E-state index < -0.39 is 0 Å². The van der Waals surface area contributed by atoms with Gasteiger partial charge in [0.15, 0.2) is 11.5 Å². The summed E-state index contributed by atoms with van der Waals surface area (Å²) in [4.78, 5) is 12.8. The molecule has 140 valence electrons. The maximum absolute atomic E-state index is 6.12. The van der Waals surface area contributed by atoms with E-state index >= 15 is 0 Å². The number of nitrogen functional groups attached to an aromatic ring is 1. The highest BCUT2D eigenvalue weighted by atomic mass is 16.5. The van der Waals surface area contributed by atoms with Crippen molar-refractivity contribution in [1.82, 2.24) is 14.9 Å². The van der Waals surface area contributed by atoms with Crippen LogP contribution in [0.15, 0.2) is 30.5 Å². The molecular formula is C19H27N5O2. The maximum Gasteiger partial charge on any atom is 0.231 e. The molecule has 1 unspecified atom stereocenters. The molecule has 1 aromatic heterocycles. The normalized spacial score (nSPS) is 17.7. The van der Waals surface area contributed by atoms with Gasteiger partial charge in [0.25, 0.3) is 0 Å². The zero-order valence-corrected chi connectivity index (χ0v) is 15.7. The van der Waals surface area contributed by atoms with Gasteiger partial charge in [-0.3, -0.25) is 0 Å². The zero-order chi connectivity index (χ0) is 18.5. The van der Waals surface area contributed by atoms with Crippen molar-refractivity contribution in [3.8, 4) is 11.5 Å². The summed E-state index contributed by atoms with van der Waals surface area (Å²) in [6.45, 7) is 2.92. The molecule has 0 amide bonds. The van der Waals surface area contributed by atoms with Gasteiger partial charge in [-0.2, -0.15) is 4.98 Å². The van der Waals surface area contributed by atoms with Crippen LogP contribution in [-0.4, -0.2) is 55.8 Å². The predicted octanol–water partition coefficient (Wildman–Crippen LogP) is 2.56. The molecule has 1 aromatic carbocycles. The minimum Gasteiger partial charge on any atom is -0.493 e. The fraction of sp³-hybridized carbons (Fsp3) is 0.474. The number of hydrogen-bond donors (Lipinski definition) is 1. The summed E-state index contributed by atoms with van der Waals surface area (Å²) >= 11 is 0. The molecular weight excluding hydrogens is 330 g/mol. The Bertz CT molecular complexity index is 740. The molecule has 1 fully saturated rings. The molecule has 26 heavy (non-hydrogen) atoms. The highest BCUT2D eigenvalue weighted by molar-refractivity contribution is 5.62. The van der Waals surface area contributed by atoms with Gasteiger partial charge in [-0.05, 0) is 44.6 Å². The molecule has 2 N–H and O–H groups in total. The second-order valence-corrected chi connectivity index (χ2v) is 6.76. The molecule has 1 aliphatic rings. The Morgan fingerprint density at radius 1 is 1.31 bits per heavy atom. The van der Waals surface area contributed by atoms with Gasteiger partial charge in [0, 0.05) is 37.5 Å². The van der Waals surface area contributed by atoms with Crippen LogP contribution in [0.3, 0.4) is 0 Å². The molecule has 2 heterocycles. The van der Waals surface area contributed by atoms with Crippen molar-refractivity contribution in [3.05, 3.63) is 30.5 Å². The number of piperidine rings is 1. The first-order chi connectivity index (χ1) is 12.6. The number of anilines is 3. The van der Waals surface area contributed by atoms with E-state index in [0.717, 1.165) is 23.7 Å². The van der Waals surface area contributed by atoms with Crippen molar-refractivity contribution in [3.63, 3.8) is 0 Å². The lowest BCUT2D eigenvalue weighted by Gasteiger charge is -2.29. The maximum atomic E-state index is 6.12. The standard InChI is InChI=1S/C19H27N5O2/c1-23-10-4-5-14(12-23)13-26-17-11-15(6-7-16(17)25-3)24(2)19-21-9-8-18(20)22-19/h6-9,11,14H,4-5,10,12-13H2,1-3H3,(H2,20,21,22).